The van der Waals surface area contributed by atoms with Gasteiger partial charge in [0.1, 0.15) is 0 Å². The van der Waals surface area contributed by atoms with E-state index in [0.717, 1.165) is 10.8 Å². The van der Waals surface area contributed by atoms with Crippen molar-refractivity contribution in [2.24, 2.45) is 0 Å². The third kappa shape index (κ3) is 2.40. The summed E-state index contributed by atoms with van der Waals surface area (Å²) < 4.78 is 0. The van der Waals surface area contributed by atoms with E-state index in [4.69, 9.17) is 11.6 Å². The molecule has 0 bridgehead atoms. The molecule has 0 spiro atoms. The smallest absolute Gasteiger partial charge is 0.159 e. The van der Waals surface area contributed by atoms with Crippen LogP contribution in [0, 0.1) is 0 Å². The van der Waals surface area contributed by atoms with Crippen molar-refractivity contribution in [3.05, 3.63) is 29.4 Å². The lowest BCUT2D eigenvalue weighted by Crippen LogP contribution is -2.42. The molecule has 0 aliphatic heterocycles. The van der Waals surface area contributed by atoms with Gasteiger partial charge in [-0.05, 0) is 20.8 Å². The Bertz CT molecular complexity index is 569. The van der Waals surface area contributed by atoms with Gasteiger partial charge < -0.3 is 10.4 Å². The first-order chi connectivity index (χ1) is 8.42. The van der Waals surface area contributed by atoms with E-state index in [-0.39, 0.29) is 0 Å². The van der Waals surface area contributed by atoms with Crippen molar-refractivity contribution < 1.29 is 5.11 Å². The highest BCUT2D eigenvalue weighted by Crippen LogP contribution is 2.28. The molecule has 18 heavy (non-hydrogen) atoms. The summed E-state index contributed by atoms with van der Waals surface area (Å²) in [7, 11) is 0. The Kier molecular flexibility index (Phi) is 3.41. The summed E-state index contributed by atoms with van der Waals surface area (Å²) in [5, 5.41) is 23.0. The third-order valence-electron chi connectivity index (χ3n) is 3.13. The number of nitrogens with zero attached hydrogens (tertiary/aromatic N) is 2. The van der Waals surface area contributed by atoms with Gasteiger partial charge in [0, 0.05) is 10.8 Å². The molecule has 0 aliphatic carbocycles. The SMILES string of the molecule is CC(O)C(C)(C)Nc1nnc(Cl)c2ccccc12. The average molecular weight is 266 g/mol. The topological polar surface area (TPSA) is 58.0 Å². The van der Waals surface area contributed by atoms with Crippen LogP contribution >= 0.6 is 11.6 Å². The highest BCUT2D eigenvalue weighted by atomic mass is 35.5. The van der Waals surface area contributed by atoms with E-state index in [1.807, 2.05) is 38.1 Å². The molecule has 0 saturated heterocycles. The molecule has 1 unspecified atom stereocenters. The summed E-state index contributed by atoms with van der Waals surface area (Å²) in [5.41, 5.74) is -0.495. The van der Waals surface area contributed by atoms with Crippen LogP contribution in [-0.2, 0) is 0 Å². The van der Waals surface area contributed by atoms with Gasteiger partial charge in [0.15, 0.2) is 11.0 Å². The van der Waals surface area contributed by atoms with Gasteiger partial charge in [-0.25, -0.2) is 0 Å². The van der Waals surface area contributed by atoms with Gasteiger partial charge in [0.25, 0.3) is 0 Å². The Labute approximate surface area is 111 Å². The van der Waals surface area contributed by atoms with Crippen LogP contribution in [0.15, 0.2) is 24.3 Å². The number of rotatable bonds is 3. The molecule has 0 aliphatic rings. The molecule has 1 heterocycles. The number of aliphatic hydroxyl groups excluding tert-OH is 1. The van der Waals surface area contributed by atoms with Crippen LogP contribution in [0.25, 0.3) is 10.8 Å². The van der Waals surface area contributed by atoms with Gasteiger partial charge in [-0.1, -0.05) is 35.9 Å². The highest BCUT2D eigenvalue weighted by molar-refractivity contribution is 6.34. The molecule has 1 aromatic heterocycles. The van der Waals surface area contributed by atoms with Crippen LogP contribution in [0.2, 0.25) is 5.15 Å². The number of aromatic nitrogens is 2. The van der Waals surface area contributed by atoms with E-state index in [9.17, 15) is 5.11 Å². The van der Waals surface area contributed by atoms with E-state index in [2.05, 4.69) is 15.5 Å². The van der Waals surface area contributed by atoms with E-state index in [0.29, 0.717) is 11.0 Å². The molecule has 2 N–H and O–H groups in total. The molecule has 4 nitrogen and oxygen atoms in total. The molecule has 0 fully saturated rings. The van der Waals surface area contributed by atoms with Crippen LogP contribution in [0.5, 0.6) is 0 Å². The second-order valence-corrected chi connectivity index (χ2v) is 5.27. The lowest BCUT2D eigenvalue weighted by molar-refractivity contribution is 0.133. The number of benzene rings is 1. The first-order valence-electron chi connectivity index (χ1n) is 5.79. The Morgan fingerprint density at radius 3 is 2.44 bits per heavy atom. The fourth-order valence-corrected chi connectivity index (χ4v) is 1.78. The summed E-state index contributed by atoms with van der Waals surface area (Å²) in [6, 6.07) is 7.64. The van der Waals surface area contributed by atoms with E-state index in [1.165, 1.54) is 0 Å². The van der Waals surface area contributed by atoms with Gasteiger partial charge in [-0.3, -0.25) is 0 Å². The van der Waals surface area contributed by atoms with Crippen LogP contribution < -0.4 is 5.32 Å². The van der Waals surface area contributed by atoms with Crippen molar-refractivity contribution in [3.8, 4) is 0 Å². The maximum atomic E-state index is 9.73. The maximum absolute atomic E-state index is 9.73. The molecule has 1 atom stereocenters. The molecule has 2 rings (SSSR count). The molecule has 0 radical (unpaired) electrons. The van der Waals surface area contributed by atoms with Crippen LogP contribution in [-0.4, -0.2) is 26.9 Å². The van der Waals surface area contributed by atoms with Crippen molar-refractivity contribution in [3.63, 3.8) is 0 Å². The second kappa shape index (κ2) is 4.71. The third-order valence-corrected chi connectivity index (χ3v) is 3.41. The van der Waals surface area contributed by atoms with E-state index >= 15 is 0 Å². The predicted octanol–water partition coefficient (Wildman–Crippen LogP) is 2.85. The highest BCUT2D eigenvalue weighted by Gasteiger charge is 2.25. The second-order valence-electron chi connectivity index (χ2n) is 4.91. The van der Waals surface area contributed by atoms with Gasteiger partial charge in [0.05, 0.1) is 11.6 Å². The first-order valence-corrected chi connectivity index (χ1v) is 6.17. The van der Waals surface area contributed by atoms with Crippen molar-refractivity contribution in [2.45, 2.75) is 32.4 Å². The Morgan fingerprint density at radius 2 is 1.83 bits per heavy atom. The molecular weight excluding hydrogens is 250 g/mol. The largest absolute Gasteiger partial charge is 0.391 e. The quantitative estimate of drug-likeness (QED) is 0.896. The molecule has 2 aromatic rings. The summed E-state index contributed by atoms with van der Waals surface area (Å²) in [6.45, 7) is 5.55. The zero-order valence-corrected chi connectivity index (χ0v) is 11.4. The normalized spacial score (nSPS) is 13.6. The zero-order valence-electron chi connectivity index (χ0n) is 10.6. The molecular formula is C13H16ClN3O. The average Bonchev–Trinajstić information content (AvgIpc) is 2.33. The fraction of sp³-hybridized carbons (Fsp3) is 0.385. The van der Waals surface area contributed by atoms with Crippen molar-refractivity contribution in [1.29, 1.82) is 0 Å². The maximum Gasteiger partial charge on any atom is 0.159 e. The zero-order chi connectivity index (χ0) is 13.3. The summed E-state index contributed by atoms with van der Waals surface area (Å²) >= 11 is 6.01. The summed E-state index contributed by atoms with van der Waals surface area (Å²) in [5.74, 6) is 0.626. The summed E-state index contributed by atoms with van der Waals surface area (Å²) in [4.78, 5) is 0. The minimum absolute atomic E-state index is 0.381. The Morgan fingerprint density at radius 1 is 1.22 bits per heavy atom. The molecule has 0 saturated carbocycles. The molecule has 1 aromatic carbocycles. The number of nitrogens with one attached hydrogen (secondary N) is 1. The van der Waals surface area contributed by atoms with Gasteiger partial charge >= 0.3 is 0 Å². The van der Waals surface area contributed by atoms with Gasteiger partial charge in [-0.15, -0.1) is 10.2 Å². The van der Waals surface area contributed by atoms with Crippen LogP contribution in [0.1, 0.15) is 20.8 Å². The minimum Gasteiger partial charge on any atom is -0.391 e. The number of anilines is 1. The van der Waals surface area contributed by atoms with E-state index in [1.54, 1.807) is 6.92 Å². The fourth-order valence-electron chi connectivity index (χ4n) is 1.57. The van der Waals surface area contributed by atoms with Crippen molar-refractivity contribution >= 4 is 28.2 Å². The minimum atomic E-state index is -0.520. The lowest BCUT2D eigenvalue weighted by atomic mass is 9.98. The monoisotopic (exact) mass is 265 g/mol. The number of hydrogen-bond acceptors (Lipinski definition) is 4. The van der Waals surface area contributed by atoms with Crippen LogP contribution in [0.4, 0.5) is 5.82 Å². The van der Waals surface area contributed by atoms with Crippen LogP contribution in [0.3, 0.4) is 0 Å². The standard InChI is InChI=1S/C13H16ClN3O/c1-8(18)13(2,3)15-12-10-7-5-4-6-9(10)11(14)16-17-12/h4-8,18H,1-3H3,(H,15,17). The van der Waals surface area contributed by atoms with Crippen molar-refractivity contribution in [2.75, 3.05) is 5.32 Å². The Balaban J connectivity index is 2.50. The number of fused-ring (bicyclic) bond motifs is 1. The van der Waals surface area contributed by atoms with Gasteiger partial charge in [-0.2, -0.15) is 0 Å². The number of hydrogen-bond donors (Lipinski definition) is 2. The molecule has 5 heteroatoms. The Hall–Kier alpha value is -1.39. The number of aliphatic hydroxyl groups is 1. The predicted molar refractivity (Wildman–Crippen MR) is 73.9 cm³/mol. The van der Waals surface area contributed by atoms with E-state index < -0.39 is 11.6 Å². The summed E-state index contributed by atoms with van der Waals surface area (Å²) in [6.07, 6.45) is -0.520. The van der Waals surface area contributed by atoms with Gasteiger partial charge in [0.2, 0.25) is 0 Å². The molecule has 96 valence electrons. The number of halogens is 1. The van der Waals surface area contributed by atoms with Crippen molar-refractivity contribution in [1.82, 2.24) is 10.2 Å². The first kappa shape index (κ1) is 13.1. The lowest BCUT2D eigenvalue weighted by Gasteiger charge is -2.30. The molecule has 0 amide bonds.